The summed E-state index contributed by atoms with van der Waals surface area (Å²) in [5, 5.41) is 32.5. The van der Waals surface area contributed by atoms with E-state index in [9.17, 15) is 32.2 Å². The summed E-state index contributed by atoms with van der Waals surface area (Å²) in [5.74, 6) is -1.91. The molecule has 1 fully saturated rings. The van der Waals surface area contributed by atoms with Gasteiger partial charge >= 0.3 is 6.18 Å². The van der Waals surface area contributed by atoms with Crippen molar-refractivity contribution in [1.82, 2.24) is 29.8 Å². The molecule has 4 aromatic rings. The molecule has 212 valence electrons. The number of aliphatic hydroxyl groups excluding tert-OH is 2. The number of aliphatic hydroxyl groups is 2. The van der Waals surface area contributed by atoms with E-state index in [2.05, 4.69) is 20.4 Å². The molecular formula is C24H19Cl2F5N6O3. The molecule has 9 nitrogen and oxygen atoms in total. The number of halogens is 7. The first kappa shape index (κ1) is 28.4. The Morgan fingerprint density at radius 2 is 1.80 bits per heavy atom. The summed E-state index contributed by atoms with van der Waals surface area (Å²) in [6.45, 7) is 0.795. The Balaban J connectivity index is 1.55. The summed E-state index contributed by atoms with van der Waals surface area (Å²) in [6.07, 6.45) is -7.41. The van der Waals surface area contributed by atoms with Gasteiger partial charge in [0.25, 0.3) is 0 Å². The van der Waals surface area contributed by atoms with Gasteiger partial charge in [-0.15, -0.1) is 5.10 Å². The molecule has 0 aliphatic carbocycles. The van der Waals surface area contributed by atoms with Crippen molar-refractivity contribution >= 4 is 23.2 Å². The molecule has 16 heteroatoms. The van der Waals surface area contributed by atoms with Crippen LogP contribution in [-0.2, 0) is 10.9 Å². The van der Waals surface area contributed by atoms with Crippen LogP contribution in [-0.4, -0.2) is 58.8 Å². The van der Waals surface area contributed by atoms with Crippen molar-refractivity contribution in [3.8, 4) is 16.9 Å². The maximum absolute atomic E-state index is 14.5. The maximum Gasteiger partial charge on any atom is 0.418 e. The molecule has 3 heterocycles. The van der Waals surface area contributed by atoms with Crippen LogP contribution in [0.5, 0.6) is 0 Å². The van der Waals surface area contributed by atoms with Crippen molar-refractivity contribution in [3.05, 3.63) is 75.4 Å². The number of hydrogen-bond acceptors (Lipinski definition) is 7. The average molecular weight is 605 g/mol. The van der Waals surface area contributed by atoms with Crippen LogP contribution in [0.3, 0.4) is 0 Å². The Morgan fingerprint density at radius 3 is 2.45 bits per heavy atom. The number of benzene rings is 2. The molecule has 40 heavy (non-hydrogen) atoms. The zero-order valence-corrected chi connectivity index (χ0v) is 21.8. The van der Waals surface area contributed by atoms with E-state index in [1.807, 2.05) is 0 Å². The van der Waals surface area contributed by atoms with Crippen LogP contribution in [0.25, 0.3) is 16.9 Å². The molecule has 0 amide bonds. The summed E-state index contributed by atoms with van der Waals surface area (Å²) >= 11 is 11.7. The van der Waals surface area contributed by atoms with E-state index in [-0.39, 0.29) is 33.8 Å². The number of nitrogens with zero attached hydrogens (tertiary/aromatic N) is 6. The lowest BCUT2D eigenvalue weighted by molar-refractivity contribution is -0.161. The monoisotopic (exact) mass is 604 g/mol. The zero-order chi connectivity index (χ0) is 28.9. The van der Waals surface area contributed by atoms with Gasteiger partial charge in [0.2, 0.25) is 0 Å². The molecule has 4 atom stereocenters. The van der Waals surface area contributed by atoms with Gasteiger partial charge in [0.15, 0.2) is 5.82 Å². The highest BCUT2D eigenvalue weighted by molar-refractivity contribution is 6.31. The van der Waals surface area contributed by atoms with Crippen molar-refractivity contribution in [2.24, 2.45) is 0 Å². The SMILES string of the molecule is Cc1nc(C2CC(n3cc(-c4c(F)cc(Cl)cc4F)nn3)C(O)C(CO)O2)n(-c2cc(Cl)ccc2C(F)(F)F)n1. The normalized spacial score (nSPS) is 21.6. The van der Waals surface area contributed by atoms with Gasteiger partial charge in [0.05, 0.1) is 35.7 Å². The summed E-state index contributed by atoms with van der Waals surface area (Å²) < 4.78 is 78.4. The fourth-order valence-corrected chi connectivity index (χ4v) is 4.97. The van der Waals surface area contributed by atoms with Gasteiger partial charge in [0, 0.05) is 16.5 Å². The summed E-state index contributed by atoms with van der Waals surface area (Å²) in [7, 11) is 0. The summed E-state index contributed by atoms with van der Waals surface area (Å²) in [4.78, 5) is 4.27. The third-order valence-corrected chi connectivity index (χ3v) is 6.84. The first-order valence-corrected chi connectivity index (χ1v) is 12.4. The highest BCUT2D eigenvalue weighted by Crippen LogP contribution is 2.40. The van der Waals surface area contributed by atoms with Crippen molar-refractivity contribution in [1.29, 1.82) is 0 Å². The van der Waals surface area contributed by atoms with E-state index in [4.69, 9.17) is 27.9 Å². The van der Waals surface area contributed by atoms with Crippen molar-refractivity contribution in [2.45, 2.75) is 43.9 Å². The molecule has 2 N–H and O–H groups in total. The minimum Gasteiger partial charge on any atom is -0.394 e. The second-order valence-corrected chi connectivity index (χ2v) is 9.93. The van der Waals surface area contributed by atoms with Gasteiger partial charge in [-0.3, -0.25) is 0 Å². The minimum absolute atomic E-state index is 0.0185. The molecule has 0 saturated carbocycles. The van der Waals surface area contributed by atoms with Crippen molar-refractivity contribution in [2.75, 3.05) is 6.61 Å². The molecule has 0 radical (unpaired) electrons. The topological polar surface area (TPSA) is 111 Å². The molecule has 0 bridgehead atoms. The fourth-order valence-electron chi connectivity index (χ4n) is 4.61. The van der Waals surface area contributed by atoms with Gasteiger partial charge in [-0.05, 0) is 37.3 Å². The molecule has 1 saturated heterocycles. The Bertz CT molecular complexity index is 1540. The van der Waals surface area contributed by atoms with Crippen LogP contribution in [0.1, 0.15) is 35.8 Å². The van der Waals surface area contributed by atoms with Crippen LogP contribution >= 0.6 is 23.2 Å². The zero-order valence-electron chi connectivity index (χ0n) is 20.3. The maximum atomic E-state index is 14.5. The van der Waals surface area contributed by atoms with E-state index in [0.717, 1.165) is 39.7 Å². The number of aryl methyl sites for hydroxylation is 1. The quantitative estimate of drug-likeness (QED) is 0.313. The molecule has 5 rings (SSSR count). The molecule has 2 aromatic carbocycles. The van der Waals surface area contributed by atoms with Gasteiger partial charge in [0.1, 0.15) is 41.5 Å². The van der Waals surface area contributed by atoms with E-state index in [1.165, 1.54) is 13.1 Å². The number of aromatic nitrogens is 6. The third-order valence-electron chi connectivity index (χ3n) is 6.38. The van der Waals surface area contributed by atoms with E-state index in [0.29, 0.717) is 0 Å². The highest BCUT2D eigenvalue weighted by Gasteiger charge is 2.43. The lowest BCUT2D eigenvalue weighted by Crippen LogP contribution is -2.45. The van der Waals surface area contributed by atoms with Crippen molar-refractivity contribution < 1.29 is 36.9 Å². The molecule has 4 unspecified atom stereocenters. The van der Waals surface area contributed by atoms with Crippen LogP contribution in [0.4, 0.5) is 22.0 Å². The molecule has 1 aliphatic rings. The minimum atomic E-state index is -4.75. The van der Waals surface area contributed by atoms with Crippen LogP contribution in [0.2, 0.25) is 10.0 Å². The number of ether oxygens (including phenoxy) is 1. The predicted octanol–water partition coefficient (Wildman–Crippen LogP) is 4.86. The first-order valence-electron chi connectivity index (χ1n) is 11.7. The van der Waals surface area contributed by atoms with Gasteiger partial charge in [-0.2, -0.15) is 18.3 Å². The largest absolute Gasteiger partial charge is 0.418 e. The number of hydrogen-bond donors (Lipinski definition) is 2. The molecule has 0 spiro atoms. The molecular weight excluding hydrogens is 586 g/mol. The second-order valence-electron chi connectivity index (χ2n) is 9.06. The van der Waals surface area contributed by atoms with Crippen LogP contribution in [0, 0.1) is 18.6 Å². The smallest absolute Gasteiger partial charge is 0.394 e. The second kappa shape index (κ2) is 10.7. The highest BCUT2D eigenvalue weighted by atomic mass is 35.5. The lowest BCUT2D eigenvalue weighted by Gasteiger charge is -2.38. The van der Waals surface area contributed by atoms with Gasteiger partial charge in [-0.1, -0.05) is 28.4 Å². The Morgan fingerprint density at radius 1 is 1.10 bits per heavy atom. The molecule has 1 aliphatic heterocycles. The van der Waals surface area contributed by atoms with E-state index < -0.39 is 65.6 Å². The Kier molecular flexibility index (Phi) is 7.56. The Hall–Kier alpha value is -3.17. The Labute approximate surface area is 232 Å². The average Bonchev–Trinajstić information content (AvgIpc) is 3.50. The first-order chi connectivity index (χ1) is 18.9. The van der Waals surface area contributed by atoms with Crippen molar-refractivity contribution in [3.63, 3.8) is 0 Å². The standard InChI is InChI=1S/C24H19Cl2F5N6O3/c1-10-32-23(37(34-10)17-6-11(25)2-3-13(17)24(29,30)31)19-7-18(22(39)20(9-38)40-19)36-8-16(33-35-36)21-14(27)4-12(26)5-15(21)28/h2-6,8,18-20,22,38-39H,7,9H2,1H3. The van der Waals surface area contributed by atoms with E-state index in [1.54, 1.807) is 0 Å². The number of alkyl halides is 3. The van der Waals surface area contributed by atoms with Gasteiger partial charge < -0.3 is 14.9 Å². The molecule has 2 aromatic heterocycles. The van der Waals surface area contributed by atoms with Crippen LogP contribution in [0.15, 0.2) is 36.5 Å². The summed E-state index contributed by atoms with van der Waals surface area (Å²) in [5.41, 5.74) is -2.13. The number of rotatable bonds is 5. The third kappa shape index (κ3) is 5.29. The summed E-state index contributed by atoms with van der Waals surface area (Å²) in [6, 6.07) is 3.80. The van der Waals surface area contributed by atoms with Crippen LogP contribution < -0.4 is 0 Å². The lowest BCUT2D eigenvalue weighted by atomic mass is 9.95. The fraction of sp³-hybridized carbons (Fsp3) is 0.333. The van der Waals surface area contributed by atoms with Gasteiger partial charge in [-0.25, -0.2) is 23.1 Å². The predicted molar refractivity (Wildman–Crippen MR) is 131 cm³/mol. The van der Waals surface area contributed by atoms with E-state index >= 15 is 0 Å².